The molecule has 0 aromatic heterocycles. The first-order chi connectivity index (χ1) is 4.74. The van der Waals surface area contributed by atoms with Crippen molar-refractivity contribution in [2.75, 3.05) is 13.2 Å². The van der Waals surface area contributed by atoms with Crippen LogP contribution in [0.3, 0.4) is 0 Å². The largest absolute Gasteiger partial charge is 0.396 e. The van der Waals surface area contributed by atoms with E-state index < -0.39 is 0 Å². The van der Waals surface area contributed by atoms with Crippen molar-refractivity contribution in [3.8, 4) is 0 Å². The molecule has 1 aliphatic rings. The van der Waals surface area contributed by atoms with Gasteiger partial charge in [-0.05, 0) is 13.3 Å². The van der Waals surface area contributed by atoms with Crippen LogP contribution in [0.25, 0.3) is 0 Å². The quantitative estimate of drug-likeness (QED) is 0.587. The third-order valence-electron chi connectivity index (χ3n) is 1.90. The minimum Gasteiger partial charge on any atom is -0.396 e. The Morgan fingerprint density at radius 3 is 2.90 bits per heavy atom. The number of aliphatic hydroxyl groups excluding tert-OH is 1. The molecule has 1 fully saturated rings. The van der Waals surface area contributed by atoms with Gasteiger partial charge in [0.05, 0.1) is 12.7 Å². The predicted octanol–water partition coefficient (Wildman–Crippen LogP) is 1.01. The summed E-state index contributed by atoms with van der Waals surface area (Å²) in [4.78, 5) is 0. The van der Waals surface area contributed by atoms with Crippen LogP contribution >= 0.6 is 11.6 Å². The molecule has 1 rings (SSSR count). The van der Waals surface area contributed by atoms with Crippen LogP contribution in [0, 0.1) is 5.92 Å². The molecule has 0 spiro atoms. The summed E-state index contributed by atoms with van der Waals surface area (Å²) >= 11 is 5.94. The molecule has 60 valence electrons. The van der Waals surface area contributed by atoms with E-state index in [-0.39, 0.29) is 24.0 Å². The molecule has 3 unspecified atom stereocenters. The van der Waals surface area contributed by atoms with E-state index in [2.05, 4.69) is 0 Å². The summed E-state index contributed by atoms with van der Waals surface area (Å²) in [7, 11) is 0. The maximum absolute atomic E-state index is 8.78. The Kier molecular flexibility index (Phi) is 2.96. The van der Waals surface area contributed by atoms with E-state index in [1.54, 1.807) is 0 Å². The van der Waals surface area contributed by atoms with Crippen molar-refractivity contribution in [3.05, 3.63) is 0 Å². The molecule has 1 heterocycles. The van der Waals surface area contributed by atoms with Crippen LogP contribution in [0.5, 0.6) is 0 Å². The molecule has 0 amide bonds. The Labute approximate surface area is 66.1 Å². The van der Waals surface area contributed by atoms with Crippen molar-refractivity contribution in [2.45, 2.75) is 24.8 Å². The van der Waals surface area contributed by atoms with Gasteiger partial charge in [0.15, 0.2) is 0 Å². The van der Waals surface area contributed by atoms with Gasteiger partial charge in [0.1, 0.15) is 0 Å². The lowest BCUT2D eigenvalue weighted by atomic mass is 9.99. The van der Waals surface area contributed by atoms with Crippen molar-refractivity contribution in [2.24, 2.45) is 5.92 Å². The molecular formula is C7H13ClO2. The van der Waals surface area contributed by atoms with Gasteiger partial charge in [0.2, 0.25) is 0 Å². The lowest BCUT2D eigenvalue weighted by Crippen LogP contribution is -2.34. The third kappa shape index (κ3) is 1.84. The van der Waals surface area contributed by atoms with Crippen LogP contribution in [0.2, 0.25) is 0 Å². The third-order valence-corrected chi connectivity index (χ3v) is 2.43. The van der Waals surface area contributed by atoms with Crippen LogP contribution in [-0.2, 0) is 4.74 Å². The number of alkyl halides is 1. The fraction of sp³-hybridized carbons (Fsp3) is 1.00. The predicted molar refractivity (Wildman–Crippen MR) is 40.2 cm³/mol. The zero-order valence-corrected chi connectivity index (χ0v) is 6.84. The highest BCUT2D eigenvalue weighted by Gasteiger charge is 2.26. The van der Waals surface area contributed by atoms with E-state index in [1.165, 1.54) is 0 Å². The monoisotopic (exact) mass is 164 g/mol. The van der Waals surface area contributed by atoms with Gasteiger partial charge in [-0.15, -0.1) is 11.6 Å². The molecule has 0 radical (unpaired) electrons. The minimum absolute atomic E-state index is 0.0914. The van der Waals surface area contributed by atoms with E-state index in [9.17, 15) is 0 Å². The Morgan fingerprint density at radius 2 is 2.40 bits per heavy atom. The highest BCUT2D eigenvalue weighted by Crippen LogP contribution is 2.23. The topological polar surface area (TPSA) is 29.5 Å². The second kappa shape index (κ2) is 3.56. The molecule has 1 saturated heterocycles. The van der Waals surface area contributed by atoms with E-state index >= 15 is 0 Å². The summed E-state index contributed by atoms with van der Waals surface area (Å²) in [6.45, 7) is 2.75. The summed E-state index contributed by atoms with van der Waals surface area (Å²) in [5.74, 6) is 0.137. The normalized spacial score (nSPS) is 41.7. The van der Waals surface area contributed by atoms with Crippen LogP contribution < -0.4 is 0 Å². The number of hydrogen-bond donors (Lipinski definition) is 1. The second-order valence-corrected chi connectivity index (χ2v) is 3.40. The molecule has 2 nitrogen and oxygen atoms in total. The molecule has 0 aromatic carbocycles. The zero-order valence-electron chi connectivity index (χ0n) is 6.09. The van der Waals surface area contributed by atoms with Gasteiger partial charge in [-0.2, -0.15) is 0 Å². The second-order valence-electron chi connectivity index (χ2n) is 2.84. The molecule has 0 bridgehead atoms. The van der Waals surface area contributed by atoms with Gasteiger partial charge < -0.3 is 9.84 Å². The van der Waals surface area contributed by atoms with Gasteiger partial charge in [0.25, 0.3) is 0 Å². The molecule has 3 atom stereocenters. The van der Waals surface area contributed by atoms with Gasteiger partial charge in [-0.25, -0.2) is 0 Å². The first-order valence-corrected chi connectivity index (χ1v) is 4.04. The Morgan fingerprint density at radius 1 is 1.70 bits per heavy atom. The number of rotatable bonds is 1. The lowest BCUT2D eigenvalue weighted by molar-refractivity contribution is -0.0176. The van der Waals surface area contributed by atoms with Crippen molar-refractivity contribution < 1.29 is 9.84 Å². The number of hydrogen-bond acceptors (Lipinski definition) is 2. The van der Waals surface area contributed by atoms with Gasteiger partial charge in [0, 0.05) is 17.9 Å². The van der Waals surface area contributed by atoms with Gasteiger partial charge in [-0.3, -0.25) is 0 Å². The minimum atomic E-state index is 0.0914. The Bertz CT molecular complexity index is 108. The molecule has 1 N–H and O–H groups in total. The number of ether oxygens (including phenoxy) is 1. The summed E-state index contributed by atoms with van der Waals surface area (Å²) in [5, 5.41) is 8.87. The zero-order chi connectivity index (χ0) is 7.56. The SMILES string of the molecule is CC1CC(Cl)C(CO)CO1. The fourth-order valence-electron chi connectivity index (χ4n) is 1.14. The highest BCUT2D eigenvalue weighted by molar-refractivity contribution is 6.20. The van der Waals surface area contributed by atoms with Crippen molar-refractivity contribution in [1.82, 2.24) is 0 Å². The van der Waals surface area contributed by atoms with Crippen molar-refractivity contribution in [1.29, 1.82) is 0 Å². The smallest absolute Gasteiger partial charge is 0.0561 e. The molecule has 1 aliphatic heterocycles. The van der Waals surface area contributed by atoms with Crippen LogP contribution in [0.4, 0.5) is 0 Å². The van der Waals surface area contributed by atoms with Crippen LogP contribution in [0.1, 0.15) is 13.3 Å². The average Bonchev–Trinajstić information content (AvgIpc) is 1.88. The summed E-state index contributed by atoms with van der Waals surface area (Å²) in [6, 6.07) is 0. The van der Waals surface area contributed by atoms with Crippen molar-refractivity contribution >= 4 is 11.6 Å². The summed E-state index contributed by atoms with van der Waals surface area (Å²) in [6.07, 6.45) is 1.11. The molecule has 10 heavy (non-hydrogen) atoms. The van der Waals surface area contributed by atoms with E-state index in [1.807, 2.05) is 6.92 Å². The summed E-state index contributed by atoms with van der Waals surface area (Å²) in [5.41, 5.74) is 0. The van der Waals surface area contributed by atoms with Crippen LogP contribution in [0.15, 0.2) is 0 Å². The maximum Gasteiger partial charge on any atom is 0.0561 e. The molecule has 0 aliphatic carbocycles. The first kappa shape index (κ1) is 8.31. The fourth-order valence-corrected chi connectivity index (χ4v) is 1.54. The molecule has 0 saturated carbocycles. The number of halogens is 1. The van der Waals surface area contributed by atoms with Crippen molar-refractivity contribution in [3.63, 3.8) is 0 Å². The summed E-state index contributed by atoms with van der Waals surface area (Å²) < 4.78 is 5.31. The van der Waals surface area contributed by atoms with Gasteiger partial charge >= 0.3 is 0 Å². The molecular weight excluding hydrogens is 152 g/mol. The highest BCUT2D eigenvalue weighted by atomic mass is 35.5. The Balaban J connectivity index is 2.36. The average molecular weight is 165 g/mol. The van der Waals surface area contributed by atoms with E-state index in [4.69, 9.17) is 21.4 Å². The standard InChI is InChI=1S/C7H13ClO2/c1-5-2-7(8)6(3-9)4-10-5/h5-7,9H,2-4H2,1H3. The van der Waals surface area contributed by atoms with Crippen LogP contribution in [-0.4, -0.2) is 29.8 Å². The lowest BCUT2D eigenvalue weighted by Gasteiger charge is -2.29. The van der Waals surface area contributed by atoms with E-state index in [0.29, 0.717) is 6.61 Å². The molecule has 0 aromatic rings. The maximum atomic E-state index is 8.78. The van der Waals surface area contributed by atoms with E-state index in [0.717, 1.165) is 6.42 Å². The first-order valence-electron chi connectivity index (χ1n) is 3.60. The molecule has 3 heteroatoms. The Hall–Kier alpha value is 0.210. The van der Waals surface area contributed by atoms with Gasteiger partial charge in [-0.1, -0.05) is 0 Å². The number of aliphatic hydroxyl groups is 1.